The van der Waals surface area contributed by atoms with E-state index in [1.54, 1.807) is 0 Å². The van der Waals surface area contributed by atoms with Crippen LogP contribution in [0.15, 0.2) is 36.5 Å². The summed E-state index contributed by atoms with van der Waals surface area (Å²) in [6.45, 7) is 1.66. The van der Waals surface area contributed by atoms with Crippen molar-refractivity contribution in [2.75, 3.05) is 5.32 Å². The van der Waals surface area contributed by atoms with E-state index in [4.69, 9.17) is 9.97 Å². The van der Waals surface area contributed by atoms with Crippen molar-refractivity contribution < 1.29 is 0 Å². The van der Waals surface area contributed by atoms with Gasteiger partial charge in [0.2, 0.25) is 0 Å². The molecule has 0 spiro atoms. The molecule has 0 unspecified atom stereocenters. The maximum atomic E-state index is 4.92. The van der Waals surface area contributed by atoms with Gasteiger partial charge in [-0.15, -0.1) is 0 Å². The molecule has 2 N–H and O–H groups in total. The zero-order valence-electron chi connectivity index (χ0n) is 15.5. The second kappa shape index (κ2) is 7.24. The van der Waals surface area contributed by atoms with Crippen LogP contribution in [-0.4, -0.2) is 15.0 Å². The van der Waals surface area contributed by atoms with Crippen molar-refractivity contribution in [1.29, 1.82) is 0 Å². The molecule has 0 atom stereocenters. The Morgan fingerprint density at radius 1 is 1.04 bits per heavy atom. The Bertz CT molecular complexity index is 962. The molecule has 0 bridgehead atoms. The lowest BCUT2D eigenvalue weighted by atomic mass is 9.87. The molecule has 3 aromatic rings. The van der Waals surface area contributed by atoms with E-state index in [9.17, 15) is 0 Å². The lowest BCUT2D eigenvalue weighted by molar-refractivity contribution is 0.351. The summed E-state index contributed by atoms with van der Waals surface area (Å²) in [4.78, 5) is 14.4. The molecule has 3 heterocycles. The molecule has 5 heteroatoms. The second-order valence-electron chi connectivity index (χ2n) is 7.77. The van der Waals surface area contributed by atoms with E-state index < -0.39 is 0 Å². The van der Waals surface area contributed by atoms with Crippen molar-refractivity contribution in [3.63, 3.8) is 0 Å². The van der Waals surface area contributed by atoms with Crippen LogP contribution in [0.3, 0.4) is 0 Å². The highest BCUT2D eigenvalue weighted by Crippen LogP contribution is 2.29. The fourth-order valence-electron chi connectivity index (χ4n) is 4.34. The zero-order chi connectivity index (χ0) is 18.1. The van der Waals surface area contributed by atoms with Crippen LogP contribution in [-0.2, 0) is 19.5 Å². The largest absolute Gasteiger partial charge is 0.339 e. The number of nitrogens with one attached hydrogen (secondary N) is 2. The molecule has 1 fully saturated rings. The van der Waals surface area contributed by atoms with E-state index in [2.05, 4.69) is 27.8 Å². The molecule has 5 rings (SSSR count). The van der Waals surface area contributed by atoms with Crippen LogP contribution in [0.1, 0.15) is 49.2 Å². The van der Waals surface area contributed by atoms with Crippen LogP contribution in [0, 0.1) is 5.92 Å². The summed E-state index contributed by atoms with van der Waals surface area (Å²) in [5.74, 6) is 2.66. The van der Waals surface area contributed by atoms with Gasteiger partial charge in [-0.1, -0.05) is 50.3 Å². The Morgan fingerprint density at radius 3 is 2.85 bits per heavy atom. The van der Waals surface area contributed by atoms with Crippen LogP contribution in [0.25, 0.3) is 10.9 Å². The van der Waals surface area contributed by atoms with Gasteiger partial charge in [-0.25, -0.2) is 9.97 Å². The smallest absolute Gasteiger partial charge is 0.138 e. The molecular formula is C22H25N5. The highest BCUT2D eigenvalue weighted by atomic mass is 15.1. The van der Waals surface area contributed by atoms with Crippen molar-refractivity contribution in [2.24, 2.45) is 5.92 Å². The first-order valence-corrected chi connectivity index (χ1v) is 10.1. The number of nitrogens with zero attached hydrogens (tertiary/aromatic N) is 3. The summed E-state index contributed by atoms with van der Waals surface area (Å²) in [7, 11) is 0. The van der Waals surface area contributed by atoms with Crippen molar-refractivity contribution in [3.05, 3.63) is 53.6 Å². The number of anilines is 2. The van der Waals surface area contributed by atoms with Gasteiger partial charge >= 0.3 is 0 Å². The first-order chi connectivity index (χ1) is 13.3. The quantitative estimate of drug-likeness (QED) is 0.718. The van der Waals surface area contributed by atoms with Gasteiger partial charge in [-0.3, -0.25) is 4.98 Å². The third kappa shape index (κ3) is 3.52. The highest BCUT2D eigenvalue weighted by molar-refractivity contribution is 5.82. The van der Waals surface area contributed by atoms with Gasteiger partial charge < -0.3 is 10.6 Å². The summed E-state index contributed by atoms with van der Waals surface area (Å²) in [6.07, 6.45) is 9.60. The van der Waals surface area contributed by atoms with Crippen LogP contribution < -0.4 is 10.6 Å². The van der Waals surface area contributed by atoms with E-state index in [-0.39, 0.29) is 0 Å². The third-order valence-electron chi connectivity index (χ3n) is 5.78. The summed E-state index contributed by atoms with van der Waals surface area (Å²) in [6, 6.07) is 10.3. The van der Waals surface area contributed by atoms with Gasteiger partial charge in [0, 0.05) is 30.5 Å². The standard InChI is InChI=1S/C22H25N5/c1-2-6-15(7-3-1)10-21-26-20-14-23-13-18(20)22(27-21)25-17-11-16-8-4-5-9-19(16)24-12-17/h4-5,8-9,11-12,15,23H,1-3,6-7,10,13-14H2,(H,25,26,27). The molecule has 138 valence electrons. The number of aromatic nitrogens is 3. The SMILES string of the molecule is c1ccc2ncc(Nc3nc(CC4CCCCC4)nc4c3CNC4)cc2c1. The average Bonchev–Trinajstić information content (AvgIpc) is 3.18. The molecule has 0 amide bonds. The predicted octanol–water partition coefficient (Wildman–Crippen LogP) is 4.49. The molecular weight excluding hydrogens is 334 g/mol. The predicted molar refractivity (Wildman–Crippen MR) is 108 cm³/mol. The van der Waals surface area contributed by atoms with Gasteiger partial charge in [0.05, 0.1) is 23.1 Å². The fraction of sp³-hybridized carbons (Fsp3) is 0.409. The number of benzene rings is 1. The number of hydrogen-bond acceptors (Lipinski definition) is 5. The molecule has 27 heavy (non-hydrogen) atoms. The minimum Gasteiger partial charge on any atom is -0.339 e. The van der Waals surface area contributed by atoms with Gasteiger partial charge in [0.15, 0.2) is 0 Å². The van der Waals surface area contributed by atoms with Crippen molar-refractivity contribution in [1.82, 2.24) is 20.3 Å². The summed E-state index contributed by atoms with van der Waals surface area (Å²) < 4.78 is 0. The topological polar surface area (TPSA) is 62.7 Å². The molecule has 1 aliphatic heterocycles. The second-order valence-corrected chi connectivity index (χ2v) is 7.77. The molecule has 2 aliphatic rings. The molecule has 2 aromatic heterocycles. The monoisotopic (exact) mass is 359 g/mol. The maximum absolute atomic E-state index is 4.92. The lowest BCUT2D eigenvalue weighted by Crippen LogP contribution is -2.13. The van der Waals surface area contributed by atoms with E-state index in [0.717, 1.165) is 59.4 Å². The third-order valence-corrected chi connectivity index (χ3v) is 5.78. The lowest BCUT2D eigenvalue weighted by Gasteiger charge is -2.21. The fourth-order valence-corrected chi connectivity index (χ4v) is 4.34. The molecule has 1 saturated carbocycles. The van der Waals surface area contributed by atoms with Gasteiger partial charge in [0.25, 0.3) is 0 Å². The van der Waals surface area contributed by atoms with E-state index in [1.807, 2.05) is 24.4 Å². The number of para-hydroxylation sites is 1. The summed E-state index contributed by atoms with van der Waals surface area (Å²) in [5.41, 5.74) is 4.32. The normalized spacial score (nSPS) is 17.2. The van der Waals surface area contributed by atoms with Crippen molar-refractivity contribution in [2.45, 2.75) is 51.6 Å². The first-order valence-electron chi connectivity index (χ1n) is 10.1. The average molecular weight is 359 g/mol. The molecule has 5 nitrogen and oxygen atoms in total. The highest BCUT2D eigenvalue weighted by Gasteiger charge is 2.21. The van der Waals surface area contributed by atoms with Crippen LogP contribution >= 0.6 is 0 Å². The van der Waals surface area contributed by atoms with E-state index >= 15 is 0 Å². The van der Waals surface area contributed by atoms with Crippen molar-refractivity contribution >= 4 is 22.4 Å². The molecule has 1 aromatic carbocycles. The first kappa shape index (κ1) is 16.6. The minimum atomic E-state index is 0.737. The molecule has 1 aliphatic carbocycles. The zero-order valence-corrected chi connectivity index (χ0v) is 15.5. The van der Waals surface area contributed by atoms with Gasteiger partial charge in [0.1, 0.15) is 11.6 Å². The van der Waals surface area contributed by atoms with Crippen LogP contribution in [0.4, 0.5) is 11.5 Å². The number of hydrogen-bond donors (Lipinski definition) is 2. The minimum absolute atomic E-state index is 0.737. The van der Waals surface area contributed by atoms with Crippen LogP contribution in [0.5, 0.6) is 0 Å². The Hall–Kier alpha value is -2.53. The Morgan fingerprint density at radius 2 is 1.93 bits per heavy atom. The number of rotatable bonds is 4. The maximum Gasteiger partial charge on any atom is 0.138 e. The Labute approximate surface area is 159 Å². The summed E-state index contributed by atoms with van der Waals surface area (Å²) >= 11 is 0. The van der Waals surface area contributed by atoms with E-state index in [0.29, 0.717) is 0 Å². The Kier molecular flexibility index (Phi) is 4.46. The van der Waals surface area contributed by atoms with E-state index in [1.165, 1.54) is 37.7 Å². The molecule has 0 saturated heterocycles. The summed E-state index contributed by atoms with van der Waals surface area (Å²) in [5, 5.41) is 8.07. The van der Waals surface area contributed by atoms with Gasteiger partial charge in [-0.2, -0.15) is 0 Å². The molecule has 0 radical (unpaired) electrons. The van der Waals surface area contributed by atoms with Crippen molar-refractivity contribution in [3.8, 4) is 0 Å². The Balaban J connectivity index is 1.44. The number of fused-ring (bicyclic) bond motifs is 2. The van der Waals surface area contributed by atoms with Crippen LogP contribution in [0.2, 0.25) is 0 Å². The van der Waals surface area contributed by atoms with Gasteiger partial charge in [-0.05, 0) is 18.1 Å². The number of pyridine rings is 1.